The quantitative estimate of drug-likeness (QED) is 0.848. The molecular weight excluding hydrogens is 275 g/mol. The molecule has 18 heavy (non-hydrogen) atoms. The Labute approximate surface area is 113 Å². The zero-order chi connectivity index (χ0) is 13.1. The van der Waals surface area contributed by atoms with Crippen molar-refractivity contribution in [2.24, 2.45) is 5.73 Å². The first-order valence-corrected chi connectivity index (χ1v) is 5.70. The molecular formula is C11H8ClFN4S. The summed E-state index contributed by atoms with van der Waals surface area (Å²) in [7, 11) is 0. The van der Waals surface area contributed by atoms with E-state index in [1.807, 2.05) is 0 Å². The number of benzene rings is 1. The lowest BCUT2D eigenvalue weighted by atomic mass is 10.3. The van der Waals surface area contributed by atoms with Crippen molar-refractivity contribution < 1.29 is 4.39 Å². The van der Waals surface area contributed by atoms with Crippen molar-refractivity contribution in [3.05, 3.63) is 47.0 Å². The van der Waals surface area contributed by atoms with Gasteiger partial charge in [0.05, 0.1) is 10.7 Å². The molecule has 0 spiro atoms. The average Bonchev–Trinajstić information content (AvgIpc) is 2.33. The third-order valence-electron chi connectivity index (χ3n) is 2.09. The number of nitrogens with zero attached hydrogens (tertiary/aromatic N) is 2. The Morgan fingerprint density at radius 2 is 2.17 bits per heavy atom. The summed E-state index contributed by atoms with van der Waals surface area (Å²) in [4.78, 5) is 8.25. The van der Waals surface area contributed by atoms with Gasteiger partial charge in [0.1, 0.15) is 16.5 Å². The zero-order valence-corrected chi connectivity index (χ0v) is 10.6. The number of nitrogens with two attached hydrogens (primary N) is 1. The number of aromatic nitrogens is 2. The molecule has 0 unspecified atom stereocenters. The molecule has 0 aliphatic carbocycles. The van der Waals surface area contributed by atoms with Gasteiger partial charge in [-0.3, -0.25) is 0 Å². The van der Waals surface area contributed by atoms with E-state index < -0.39 is 5.82 Å². The van der Waals surface area contributed by atoms with Crippen LogP contribution in [0.25, 0.3) is 0 Å². The molecule has 7 heteroatoms. The van der Waals surface area contributed by atoms with Crippen molar-refractivity contribution in [3.63, 3.8) is 0 Å². The van der Waals surface area contributed by atoms with E-state index in [-0.39, 0.29) is 16.0 Å². The molecule has 1 heterocycles. The molecule has 0 atom stereocenters. The van der Waals surface area contributed by atoms with Crippen LogP contribution in [0, 0.1) is 5.82 Å². The van der Waals surface area contributed by atoms with E-state index in [1.54, 1.807) is 6.07 Å². The summed E-state index contributed by atoms with van der Waals surface area (Å²) >= 11 is 10.7. The molecule has 4 nitrogen and oxygen atoms in total. The molecule has 0 bridgehead atoms. The number of thiocarbonyl (C=S) groups is 1. The second-order valence-electron chi connectivity index (χ2n) is 3.38. The van der Waals surface area contributed by atoms with E-state index in [2.05, 4.69) is 15.3 Å². The molecule has 0 saturated heterocycles. The van der Waals surface area contributed by atoms with Crippen molar-refractivity contribution in [1.82, 2.24) is 9.97 Å². The first-order chi connectivity index (χ1) is 8.56. The van der Waals surface area contributed by atoms with Gasteiger partial charge in [0, 0.05) is 6.20 Å². The van der Waals surface area contributed by atoms with E-state index in [0.29, 0.717) is 11.4 Å². The van der Waals surface area contributed by atoms with Gasteiger partial charge in [0.2, 0.25) is 5.95 Å². The minimum atomic E-state index is -0.414. The van der Waals surface area contributed by atoms with Crippen LogP contribution >= 0.6 is 23.8 Å². The molecule has 1 aromatic carbocycles. The van der Waals surface area contributed by atoms with Crippen molar-refractivity contribution in [3.8, 4) is 0 Å². The molecule has 0 fully saturated rings. The summed E-state index contributed by atoms with van der Waals surface area (Å²) in [6.07, 6.45) is 1.52. The Morgan fingerprint density at radius 1 is 1.39 bits per heavy atom. The number of halogens is 2. The lowest BCUT2D eigenvalue weighted by molar-refractivity contribution is 0.628. The minimum absolute atomic E-state index is 0.172. The van der Waals surface area contributed by atoms with Crippen molar-refractivity contribution in [2.45, 2.75) is 0 Å². The number of nitrogens with one attached hydrogen (secondary N) is 1. The van der Waals surface area contributed by atoms with Crippen LogP contribution in [0.5, 0.6) is 0 Å². The third-order valence-corrected chi connectivity index (χ3v) is 2.61. The van der Waals surface area contributed by atoms with E-state index in [9.17, 15) is 4.39 Å². The van der Waals surface area contributed by atoms with Gasteiger partial charge in [-0.05, 0) is 24.3 Å². The maximum atomic E-state index is 12.9. The first kappa shape index (κ1) is 12.7. The van der Waals surface area contributed by atoms with Crippen molar-refractivity contribution in [2.75, 3.05) is 5.32 Å². The molecule has 1 aromatic heterocycles. The van der Waals surface area contributed by atoms with Crippen LogP contribution in [-0.4, -0.2) is 15.0 Å². The van der Waals surface area contributed by atoms with E-state index in [1.165, 1.54) is 24.4 Å². The van der Waals surface area contributed by atoms with Crippen LogP contribution in [0.15, 0.2) is 30.5 Å². The highest BCUT2D eigenvalue weighted by molar-refractivity contribution is 7.80. The maximum Gasteiger partial charge on any atom is 0.227 e. The number of hydrogen-bond donors (Lipinski definition) is 2. The number of anilines is 2. The van der Waals surface area contributed by atoms with Crippen LogP contribution < -0.4 is 11.1 Å². The van der Waals surface area contributed by atoms with Crippen LogP contribution in [0.4, 0.5) is 16.0 Å². The normalized spacial score (nSPS) is 10.1. The predicted molar refractivity (Wildman–Crippen MR) is 72.6 cm³/mol. The number of rotatable bonds is 3. The molecule has 3 N–H and O–H groups in total. The molecule has 0 saturated carbocycles. The summed E-state index contributed by atoms with van der Waals surface area (Å²) in [5.41, 5.74) is 6.41. The zero-order valence-electron chi connectivity index (χ0n) is 9.02. The fourth-order valence-corrected chi connectivity index (χ4v) is 1.60. The summed E-state index contributed by atoms with van der Waals surface area (Å²) in [5, 5.41) is 3.09. The second-order valence-corrected chi connectivity index (χ2v) is 4.23. The van der Waals surface area contributed by atoms with Gasteiger partial charge in [-0.1, -0.05) is 23.8 Å². The SMILES string of the molecule is NC(=S)c1ccnc(Nc2ccc(F)cc2Cl)n1. The van der Waals surface area contributed by atoms with Crippen LogP contribution in [-0.2, 0) is 0 Å². The topological polar surface area (TPSA) is 63.8 Å². The molecule has 0 aliphatic rings. The van der Waals surface area contributed by atoms with Crippen LogP contribution in [0.1, 0.15) is 5.69 Å². The van der Waals surface area contributed by atoms with Gasteiger partial charge < -0.3 is 11.1 Å². The van der Waals surface area contributed by atoms with Gasteiger partial charge in [0.15, 0.2) is 0 Å². The fraction of sp³-hybridized carbons (Fsp3) is 0. The Morgan fingerprint density at radius 3 is 2.83 bits per heavy atom. The molecule has 2 rings (SSSR count). The molecule has 0 aliphatic heterocycles. The Hall–Kier alpha value is -1.79. The van der Waals surface area contributed by atoms with Gasteiger partial charge in [0.25, 0.3) is 0 Å². The average molecular weight is 283 g/mol. The second kappa shape index (κ2) is 5.24. The minimum Gasteiger partial charge on any atom is -0.388 e. The van der Waals surface area contributed by atoms with Gasteiger partial charge in [-0.25, -0.2) is 14.4 Å². The standard InChI is InChI=1S/C11H8ClFN4S/c12-7-5-6(13)1-2-8(7)16-11-15-4-3-9(17-11)10(14)18/h1-5H,(H2,14,18)(H,15,16,17). The lowest BCUT2D eigenvalue weighted by Crippen LogP contribution is -2.12. The Balaban J connectivity index is 2.28. The summed E-state index contributed by atoms with van der Waals surface area (Å²) in [5.74, 6) is -0.128. The highest BCUT2D eigenvalue weighted by Crippen LogP contribution is 2.24. The largest absolute Gasteiger partial charge is 0.388 e. The maximum absolute atomic E-state index is 12.9. The van der Waals surface area contributed by atoms with E-state index in [0.717, 1.165) is 0 Å². The van der Waals surface area contributed by atoms with E-state index >= 15 is 0 Å². The van der Waals surface area contributed by atoms with Crippen molar-refractivity contribution in [1.29, 1.82) is 0 Å². The molecule has 2 aromatic rings. The smallest absolute Gasteiger partial charge is 0.227 e. The molecule has 0 amide bonds. The number of hydrogen-bond acceptors (Lipinski definition) is 4. The molecule has 0 radical (unpaired) electrons. The summed E-state index contributed by atoms with van der Waals surface area (Å²) < 4.78 is 12.9. The van der Waals surface area contributed by atoms with Crippen molar-refractivity contribution >= 4 is 40.4 Å². The summed E-state index contributed by atoms with van der Waals surface area (Å²) in [6, 6.07) is 5.57. The van der Waals surface area contributed by atoms with Crippen LogP contribution in [0.2, 0.25) is 5.02 Å². The van der Waals surface area contributed by atoms with Crippen LogP contribution in [0.3, 0.4) is 0 Å². The summed E-state index contributed by atoms with van der Waals surface area (Å²) in [6.45, 7) is 0. The lowest BCUT2D eigenvalue weighted by Gasteiger charge is -2.07. The van der Waals surface area contributed by atoms with Gasteiger partial charge in [-0.2, -0.15) is 0 Å². The highest BCUT2D eigenvalue weighted by Gasteiger charge is 2.05. The monoisotopic (exact) mass is 282 g/mol. The predicted octanol–water partition coefficient (Wildman–Crippen LogP) is 2.65. The Kier molecular flexibility index (Phi) is 3.69. The fourth-order valence-electron chi connectivity index (χ4n) is 1.27. The highest BCUT2D eigenvalue weighted by atomic mass is 35.5. The van der Waals surface area contributed by atoms with E-state index in [4.69, 9.17) is 29.6 Å². The molecule has 92 valence electrons. The first-order valence-electron chi connectivity index (χ1n) is 4.91. The van der Waals surface area contributed by atoms with Gasteiger partial charge >= 0.3 is 0 Å². The Bertz CT molecular complexity index is 605. The van der Waals surface area contributed by atoms with Gasteiger partial charge in [-0.15, -0.1) is 0 Å². The third kappa shape index (κ3) is 2.91.